The van der Waals surface area contributed by atoms with Crippen LogP contribution in [-0.4, -0.2) is 33.3 Å². The van der Waals surface area contributed by atoms with E-state index in [1.165, 1.54) is 30.3 Å². The van der Waals surface area contributed by atoms with Gasteiger partial charge in [0.1, 0.15) is 5.82 Å². The Morgan fingerprint density at radius 3 is 2.44 bits per heavy atom. The molecule has 0 heterocycles. The first-order chi connectivity index (χ1) is 11.9. The molecule has 132 valence electrons. The van der Waals surface area contributed by atoms with Crippen molar-refractivity contribution in [3.63, 3.8) is 0 Å². The zero-order chi connectivity index (χ0) is 18.3. The van der Waals surface area contributed by atoms with Crippen molar-refractivity contribution in [3.8, 4) is 0 Å². The van der Waals surface area contributed by atoms with Crippen molar-refractivity contribution in [1.29, 1.82) is 0 Å². The van der Waals surface area contributed by atoms with E-state index < -0.39 is 34.2 Å². The Balaban J connectivity index is 1.77. The summed E-state index contributed by atoms with van der Waals surface area (Å²) < 4.78 is 43.9. The van der Waals surface area contributed by atoms with E-state index in [9.17, 15) is 22.4 Å². The van der Waals surface area contributed by atoms with Crippen LogP contribution >= 0.6 is 0 Å². The summed E-state index contributed by atoms with van der Waals surface area (Å²) >= 11 is 0. The zero-order valence-electron chi connectivity index (χ0n) is 13.1. The smallest absolute Gasteiger partial charge is 0.307 e. The molecule has 0 saturated heterocycles. The van der Waals surface area contributed by atoms with Gasteiger partial charge < -0.3 is 4.74 Å². The van der Waals surface area contributed by atoms with E-state index in [1.807, 2.05) is 0 Å². The lowest BCUT2D eigenvalue weighted by Crippen LogP contribution is -2.27. The van der Waals surface area contributed by atoms with Gasteiger partial charge in [-0.1, -0.05) is 30.3 Å². The summed E-state index contributed by atoms with van der Waals surface area (Å²) in [5.74, 6) is -1.84. The Labute approximate surface area is 144 Å². The number of carbonyl (C=O) groups excluding carboxylic acids is 2. The summed E-state index contributed by atoms with van der Waals surface area (Å²) in [6.45, 7) is -0.696. The summed E-state index contributed by atoms with van der Waals surface area (Å²) in [5, 5.41) is 0. The van der Waals surface area contributed by atoms with Crippen molar-refractivity contribution in [2.75, 3.05) is 13.2 Å². The third kappa shape index (κ3) is 5.77. The lowest BCUT2D eigenvalue weighted by atomic mass is 10.1. The van der Waals surface area contributed by atoms with Crippen molar-refractivity contribution >= 4 is 21.8 Å². The fraction of sp³-hybridized carbons (Fsp3) is 0.176. The molecule has 2 aromatic carbocycles. The van der Waals surface area contributed by atoms with Gasteiger partial charge in [0.05, 0.1) is 11.3 Å². The van der Waals surface area contributed by atoms with Crippen molar-refractivity contribution in [2.45, 2.75) is 11.3 Å². The van der Waals surface area contributed by atoms with E-state index in [4.69, 9.17) is 4.74 Å². The minimum atomic E-state index is -3.70. The molecule has 0 aromatic heterocycles. The highest BCUT2D eigenvalue weighted by Crippen LogP contribution is 2.07. The molecule has 0 fully saturated rings. The van der Waals surface area contributed by atoms with Gasteiger partial charge >= 0.3 is 5.97 Å². The quantitative estimate of drug-likeness (QED) is 0.570. The van der Waals surface area contributed by atoms with Crippen molar-refractivity contribution in [2.24, 2.45) is 0 Å². The first kappa shape index (κ1) is 18.8. The lowest BCUT2D eigenvalue weighted by Gasteiger charge is -2.07. The van der Waals surface area contributed by atoms with E-state index in [1.54, 1.807) is 18.2 Å². The maximum Gasteiger partial charge on any atom is 0.307 e. The summed E-state index contributed by atoms with van der Waals surface area (Å²) in [6, 6.07) is 12.7. The summed E-state index contributed by atoms with van der Waals surface area (Å²) in [6.07, 6.45) is -0.234. The molecular weight excluding hydrogens is 349 g/mol. The second-order valence-electron chi connectivity index (χ2n) is 5.06. The second-order valence-corrected chi connectivity index (χ2v) is 6.82. The molecule has 0 saturated carbocycles. The molecule has 0 spiro atoms. The Bertz CT molecular complexity index is 852. The average Bonchev–Trinajstić information content (AvgIpc) is 2.60. The van der Waals surface area contributed by atoms with Crippen LogP contribution in [-0.2, 0) is 19.6 Å². The molecule has 0 aliphatic heterocycles. The second kappa shape index (κ2) is 8.50. The molecule has 1 N–H and O–H groups in total. The van der Waals surface area contributed by atoms with Gasteiger partial charge in [-0.15, -0.1) is 0 Å². The molecular formula is C17H16FNO5S. The van der Waals surface area contributed by atoms with Crippen LogP contribution in [0.4, 0.5) is 4.39 Å². The predicted molar refractivity (Wildman–Crippen MR) is 87.9 cm³/mol. The summed E-state index contributed by atoms with van der Waals surface area (Å²) in [4.78, 5) is 23.4. The van der Waals surface area contributed by atoms with Crippen molar-refractivity contribution in [1.82, 2.24) is 4.72 Å². The molecule has 0 amide bonds. The van der Waals surface area contributed by atoms with E-state index in [0.717, 1.165) is 6.07 Å². The minimum absolute atomic E-state index is 0.0876. The van der Waals surface area contributed by atoms with Gasteiger partial charge in [0.2, 0.25) is 10.0 Å². The first-order valence-electron chi connectivity index (χ1n) is 7.37. The third-order valence-electron chi connectivity index (χ3n) is 3.19. The molecule has 25 heavy (non-hydrogen) atoms. The molecule has 0 radical (unpaired) electrons. The standard InChI is InChI=1S/C17H16FNO5S/c18-14-6-4-5-13(11-14)16(20)12-24-17(21)9-10-19-25(22,23)15-7-2-1-3-8-15/h1-8,11,19H,9-10,12H2. The third-order valence-corrected chi connectivity index (χ3v) is 4.66. The molecule has 0 aliphatic carbocycles. The van der Waals surface area contributed by atoms with E-state index in [-0.39, 0.29) is 23.4 Å². The van der Waals surface area contributed by atoms with Crippen LogP contribution < -0.4 is 4.72 Å². The number of carbonyl (C=O) groups is 2. The maximum atomic E-state index is 13.0. The van der Waals surface area contributed by atoms with E-state index in [2.05, 4.69) is 4.72 Å². The highest BCUT2D eigenvalue weighted by Gasteiger charge is 2.15. The van der Waals surface area contributed by atoms with Crippen LogP contribution in [0.5, 0.6) is 0 Å². The van der Waals surface area contributed by atoms with Gasteiger partial charge in [0.15, 0.2) is 12.4 Å². The number of ketones is 1. The Morgan fingerprint density at radius 1 is 1.04 bits per heavy atom. The number of benzene rings is 2. The molecule has 2 aromatic rings. The number of nitrogens with one attached hydrogen (secondary N) is 1. The molecule has 0 bridgehead atoms. The van der Waals surface area contributed by atoms with Crippen LogP contribution in [0.3, 0.4) is 0 Å². The number of hydrogen-bond acceptors (Lipinski definition) is 5. The van der Waals surface area contributed by atoms with Crippen LogP contribution in [0, 0.1) is 5.82 Å². The van der Waals surface area contributed by atoms with E-state index >= 15 is 0 Å². The van der Waals surface area contributed by atoms with Gasteiger partial charge in [-0.25, -0.2) is 17.5 Å². The lowest BCUT2D eigenvalue weighted by molar-refractivity contribution is -0.142. The fourth-order valence-electron chi connectivity index (χ4n) is 1.93. The Hall–Kier alpha value is -2.58. The predicted octanol–water partition coefficient (Wildman–Crippen LogP) is 1.92. The monoisotopic (exact) mass is 365 g/mol. The van der Waals surface area contributed by atoms with Gasteiger partial charge in [-0.2, -0.15) is 0 Å². The van der Waals surface area contributed by atoms with Crippen LogP contribution in [0.2, 0.25) is 0 Å². The van der Waals surface area contributed by atoms with Gasteiger partial charge in [0, 0.05) is 12.1 Å². The summed E-state index contributed by atoms with van der Waals surface area (Å²) in [7, 11) is -3.70. The molecule has 0 unspecified atom stereocenters. The van der Waals surface area contributed by atoms with Gasteiger partial charge in [-0.05, 0) is 24.3 Å². The number of sulfonamides is 1. The van der Waals surface area contributed by atoms with Gasteiger partial charge in [-0.3, -0.25) is 9.59 Å². The number of ether oxygens (including phenoxy) is 1. The SMILES string of the molecule is O=C(CCNS(=O)(=O)c1ccccc1)OCC(=O)c1cccc(F)c1. The highest BCUT2D eigenvalue weighted by molar-refractivity contribution is 7.89. The number of Topliss-reactive ketones (excluding diaryl/α,β-unsaturated/α-hetero) is 1. The summed E-state index contributed by atoms with van der Waals surface area (Å²) in [5.41, 5.74) is 0.0950. The topological polar surface area (TPSA) is 89.5 Å². The van der Waals surface area contributed by atoms with Crippen molar-refractivity contribution in [3.05, 3.63) is 66.0 Å². The number of halogens is 1. The molecule has 8 heteroatoms. The Kier molecular flexibility index (Phi) is 6.37. The van der Waals surface area contributed by atoms with Gasteiger partial charge in [0.25, 0.3) is 0 Å². The van der Waals surface area contributed by atoms with E-state index in [0.29, 0.717) is 0 Å². The maximum absolute atomic E-state index is 13.0. The molecule has 2 rings (SSSR count). The molecule has 6 nitrogen and oxygen atoms in total. The number of esters is 1. The van der Waals surface area contributed by atoms with Crippen LogP contribution in [0.15, 0.2) is 59.5 Å². The number of hydrogen-bond donors (Lipinski definition) is 1. The van der Waals surface area contributed by atoms with Crippen molar-refractivity contribution < 1.29 is 27.1 Å². The normalized spacial score (nSPS) is 11.1. The molecule has 0 aliphatic rings. The highest BCUT2D eigenvalue weighted by atomic mass is 32.2. The minimum Gasteiger partial charge on any atom is -0.457 e. The van der Waals surface area contributed by atoms with Crippen LogP contribution in [0.1, 0.15) is 16.8 Å². The van der Waals surface area contributed by atoms with Crippen LogP contribution in [0.25, 0.3) is 0 Å². The molecule has 0 atom stereocenters. The first-order valence-corrected chi connectivity index (χ1v) is 8.86. The Morgan fingerprint density at radius 2 is 1.76 bits per heavy atom. The largest absolute Gasteiger partial charge is 0.457 e. The zero-order valence-corrected chi connectivity index (χ0v) is 14.0. The number of rotatable bonds is 8. The average molecular weight is 365 g/mol. The fourth-order valence-corrected chi connectivity index (χ4v) is 2.99.